The molecular weight excluding hydrogens is 474 g/mol. The summed E-state index contributed by atoms with van der Waals surface area (Å²) < 4.78 is 0. The number of benzene rings is 6. The molecule has 1 aromatic heterocycles. The molecule has 3 nitrogen and oxygen atoms in total. The Hall–Kier alpha value is -4.60. The standard InChI is InChI=1S/C33H20ClN3/c34-33-36-31(23-10-2-1-3-11-23)35-32(37-33)29-20-19-27(25-14-6-7-15-26(25)29)28-16-8-12-22-18-17-21-9-4-5-13-24(21)30(22)28/h1-20H. The Balaban J connectivity index is 1.48. The van der Waals surface area contributed by atoms with Crippen molar-refractivity contribution in [1.82, 2.24) is 15.0 Å². The summed E-state index contributed by atoms with van der Waals surface area (Å²) in [6.07, 6.45) is 0. The molecule has 0 aliphatic heterocycles. The lowest BCUT2D eigenvalue weighted by Gasteiger charge is -2.15. The lowest BCUT2D eigenvalue weighted by molar-refractivity contribution is 1.07. The van der Waals surface area contributed by atoms with Crippen LogP contribution in [-0.4, -0.2) is 15.0 Å². The van der Waals surface area contributed by atoms with Gasteiger partial charge >= 0.3 is 0 Å². The molecule has 37 heavy (non-hydrogen) atoms. The van der Waals surface area contributed by atoms with Gasteiger partial charge in [-0.15, -0.1) is 0 Å². The Kier molecular flexibility index (Phi) is 5.16. The summed E-state index contributed by atoms with van der Waals surface area (Å²) in [7, 11) is 0. The van der Waals surface area contributed by atoms with Gasteiger partial charge in [-0.25, -0.2) is 4.98 Å². The fourth-order valence-corrected chi connectivity index (χ4v) is 5.36. The van der Waals surface area contributed by atoms with E-state index in [1.165, 1.54) is 32.7 Å². The fraction of sp³-hybridized carbons (Fsp3) is 0. The highest BCUT2D eigenvalue weighted by molar-refractivity contribution is 6.28. The van der Waals surface area contributed by atoms with Crippen molar-refractivity contribution in [3.05, 3.63) is 127 Å². The van der Waals surface area contributed by atoms with Crippen LogP contribution in [-0.2, 0) is 0 Å². The Labute approximate surface area is 219 Å². The Morgan fingerprint density at radius 1 is 0.405 bits per heavy atom. The maximum absolute atomic E-state index is 6.39. The zero-order valence-corrected chi connectivity index (χ0v) is 20.5. The van der Waals surface area contributed by atoms with E-state index in [2.05, 4.69) is 101 Å². The van der Waals surface area contributed by atoms with Gasteiger partial charge in [0, 0.05) is 11.1 Å². The van der Waals surface area contributed by atoms with Crippen LogP contribution in [0.4, 0.5) is 0 Å². The summed E-state index contributed by atoms with van der Waals surface area (Å²) >= 11 is 6.39. The SMILES string of the molecule is Clc1nc(-c2ccccc2)nc(-c2ccc(-c3cccc4ccc5ccccc5c34)c3ccccc23)n1. The normalized spacial score (nSPS) is 11.4. The van der Waals surface area contributed by atoms with Crippen LogP contribution < -0.4 is 0 Å². The molecular formula is C33H20ClN3. The molecule has 0 saturated heterocycles. The number of fused-ring (bicyclic) bond motifs is 4. The van der Waals surface area contributed by atoms with Crippen LogP contribution in [0.1, 0.15) is 0 Å². The summed E-state index contributed by atoms with van der Waals surface area (Å²) in [4.78, 5) is 13.7. The highest BCUT2D eigenvalue weighted by atomic mass is 35.5. The van der Waals surface area contributed by atoms with E-state index in [0.717, 1.165) is 21.9 Å². The lowest BCUT2D eigenvalue weighted by atomic mass is 9.90. The molecule has 7 rings (SSSR count). The van der Waals surface area contributed by atoms with Gasteiger partial charge in [0.05, 0.1) is 0 Å². The molecule has 0 radical (unpaired) electrons. The second-order valence-electron chi connectivity index (χ2n) is 9.01. The van der Waals surface area contributed by atoms with E-state index >= 15 is 0 Å². The average molecular weight is 494 g/mol. The summed E-state index contributed by atoms with van der Waals surface area (Å²) in [6.45, 7) is 0. The minimum atomic E-state index is 0.178. The third-order valence-electron chi connectivity index (χ3n) is 6.86. The molecule has 0 amide bonds. The third-order valence-corrected chi connectivity index (χ3v) is 7.03. The second-order valence-corrected chi connectivity index (χ2v) is 9.35. The summed E-state index contributed by atoms with van der Waals surface area (Å²) in [5.41, 5.74) is 4.20. The van der Waals surface area contributed by atoms with Crippen molar-refractivity contribution in [3.63, 3.8) is 0 Å². The lowest BCUT2D eigenvalue weighted by Crippen LogP contribution is -1.98. The number of rotatable bonds is 3. The van der Waals surface area contributed by atoms with Gasteiger partial charge in [0.15, 0.2) is 11.6 Å². The topological polar surface area (TPSA) is 38.7 Å². The minimum Gasteiger partial charge on any atom is -0.208 e. The fourth-order valence-electron chi connectivity index (χ4n) is 5.20. The summed E-state index contributed by atoms with van der Waals surface area (Å²) in [5.74, 6) is 1.12. The monoisotopic (exact) mass is 493 g/mol. The molecule has 1 heterocycles. The highest BCUT2D eigenvalue weighted by Gasteiger charge is 2.16. The first-order chi connectivity index (χ1) is 18.3. The predicted octanol–water partition coefficient (Wildman–Crippen LogP) is 8.99. The van der Waals surface area contributed by atoms with E-state index < -0.39 is 0 Å². The molecule has 0 bridgehead atoms. The maximum Gasteiger partial charge on any atom is 0.226 e. The molecule has 0 fully saturated rings. The molecule has 0 spiro atoms. The number of hydrogen-bond acceptors (Lipinski definition) is 3. The van der Waals surface area contributed by atoms with Gasteiger partial charge in [-0.1, -0.05) is 115 Å². The van der Waals surface area contributed by atoms with Gasteiger partial charge in [-0.3, -0.25) is 0 Å². The quantitative estimate of drug-likeness (QED) is 0.230. The van der Waals surface area contributed by atoms with Crippen molar-refractivity contribution in [2.45, 2.75) is 0 Å². The van der Waals surface area contributed by atoms with Crippen LogP contribution in [0.25, 0.3) is 66.2 Å². The van der Waals surface area contributed by atoms with Gasteiger partial charge in [0.25, 0.3) is 0 Å². The largest absolute Gasteiger partial charge is 0.226 e. The van der Waals surface area contributed by atoms with E-state index in [0.29, 0.717) is 11.6 Å². The van der Waals surface area contributed by atoms with Crippen molar-refractivity contribution in [3.8, 4) is 33.9 Å². The molecule has 0 saturated carbocycles. The van der Waals surface area contributed by atoms with Gasteiger partial charge in [0.2, 0.25) is 5.28 Å². The number of hydrogen-bond donors (Lipinski definition) is 0. The number of halogens is 1. The molecule has 0 atom stereocenters. The van der Waals surface area contributed by atoms with Crippen LogP contribution >= 0.6 is 11.6 Å². The molecule has 0 N–H and O–H groups in total. The summed E-state index contributed by atoms with van der Waals surface area (Å²) in [5, 5.41) is 7.35. The zero-order valence-electron chi connectivity index (χ0n) is 19.8. The minimum absolute atomic E-state index is 0.178. The first-order valence-electron chi connectivity index (χ1n) is 12.2. The Morgan fingerprint density at radius 3 is 1.86 bits per heavy atom. The average Bonchev–Trinajstić information content (AvgIpc) is 2.96. The van der Waals surface area contributed by atoms with Crippen LogP contribution in [0.2, 0.25) is 5.28 Å². The van der Waals surface area contributed by atoms with Crippen molar-refractivity contribution in [1.29, 1.82) is 0 Å². The van der Waals surface area contributed by atoms with Gasteiger partial charge in [0.1, 0.15) is 0 Å². The van der Waals surface area contributed by atoms with E-state index in [1.54, 1.807) is 0 Å². The molecule has 0 aliphatic rings. The third kappa shape index (κ3) is 3.72. The van der Waals surface area contributed by atoms with Crippen LogP contribution in [0.3, 0.4) is 0 Å². The number of nitrogens with zero attached hydrogens (tertiary/aromatic N) is 3. The Bertz CT molecular complexity index is 1950. The van der Waals surface area contributed by atoms with Gasteiger partial charge in [-0.2, -0.15) is 9.97 Å². The molecule has 0 unspecified atom stereocenters. The first-order valence-corrected chi connectivity index (χ1v) is 12.5. The first kappa shape index (κ1) is 21.7. The van der Waals surface area contributed by atoms with Gasteiger partial charge in [-0.05, 0) is 61.1 Å². The highest BCUT2D eigenvalue weighted by Crippen LogP contribution is 2.40. The van der Waals surface area contributed by atoms with E-state index in [9.17, 15) is 0 Å². The predicted molar refractivity (Wildman–Crippen MR) is 154 cm³/mol. The molecule has 7 aromatic rings. The molecule has 4 heteroatoms. The van der Waals surface area contributed by atoms with Crippen molar-refractivity contribution < 1.29 is 0 Å². The smallest absolute Gasteiger partial charge is 0.208 e. The van der Waals surface area contributed by atoms with Crippen molar-refractivity contribution >= 4 is 43.9 Å². The van der Waals surface area contributed by atoms with E-state index in [1.807, 2.05) is 30.3 Å². The van der Waals surface area contributed by atoms with Gasteiger partial charge < -0.3 is 0 Å². The van der Waals surface area contributed by atoms with Crippen molar-refractivity contribution in [2.75, 3.05) is 0 Å². The van der Waals surface area contributed by atoms with E-state index in [4.69, 9.17) is 16.6 Å². The Morgan fingerprint density at radius 2 is 1.03 bits per heavy atom. The molecule has 6 aromatic carbocycles. The maximum atomic E-state index is 6.39. The van der Waals surface area contributed by atoms with Crippen LogP contribution in [0.5, 0.6) is 0 Å². The summed E-state index contributed by atoms with van der Waals surface area (Å²) in [6, 6.07) is 42.0. The van der Waals surface area contributed by atoms with Crippen molar-refractivity contribution in [2.24, 2.45) is 0 Å². The molecule has 174 valence electrons. The van der Waals surface area contributed by atoms with Crippen LogP contribution in [0.15, 0.2) is 121 Å². The number of aromatic nitrogens is 3. The zero-order chi connectivity index (χ0) is 24.8. The van der Waals surface area contributed by atoms with Crippen LogP contribution in [0, 0.1) is 0 Å². The van der Waals surface area contributed by atoms with E-state index in [-0.39, 0.29) is 5.28 Å². The molecule has 0 aliphatic carbocycles. The second kappa shape index (κ2) is 8.81.